The molecule has 0 fully saturated rings. The van der Waals surface area contributed by atoms with Crippen LogP contribution < -0.4 is 10.2 Å². The summed E-state index contributed by atoms with van der Waals surface area (Å²) in [6, 6.07) is 12.9. The predicted octanol–water partition coefficient (Wildman–Crippen LogP) is 1.85. The third-order valence-corrected chi connectivity index (χ3v) is 3.60. The number of ether oxygens (including phenoxy) is 2. The number of halogens is 1. The number of hydrogen-bond donors (Lipinski definition) is 2. The quantitative estimate of drug-likeness (QED) is 0.781. The molecule has 0 amide bonds. The molecule has 0 unspecified atom stereocenters. The van der Waals surface area contributed by atoms with Crippen LogP contribution >= 0.6 is 15.9 Å². The van der Waals surface area contributed by atoms with E-state index in [0.717, 1.165) is 10.0 Å². The number of methoxy groups -OCH3 is 1. The van der Waals surface area contributed by atoms with Crippen LogP contribution in [0.3, 0.4) is 0 Å². The normalized spacial score (nSPS) is 10.5. The van der Waals surface area contributed by atoms with Gasteiger partial charge >= 0.3 is 7.12 Å². The van der Waals surface area contributed by atoms with Gasteiger partial charge < -0.3 is 19.5 Å². The van der Waals surface area contributed by atoms with E-state index in [-0.39, 0.29) is 6.61 Å². The Balaban J connectivity index is 2.03. The Kier molecular flexibility index (Phi) is 5.81. The summed E-state index contributed by atoms with van der Waals surface area (Å²) >= 11 is 3.38. The third kappa shape index (κ3) is 4.57. The summed E-state index contributed by atoms with van der Waals surface area (Å²) in [5, 5.41) is 18.7. The Morgan fingerprint density at radius 1 is 1.05 bits per heavy atom. The Morgan fingerprint density at radius 2 is 1.76 bits per heavy atom. The van der Waals surface area contributed by atoms with Crippen LogP contribution in [0.5, 0.6) is 5.75 Å². The van der Waals surface area contributed by atoms with E-state index >= 15 is 0 Å². The van der Waals surface area contributed by atoms with E-state index in [1.54, 1.807) is 25.3 Å². The zero-order chi connectivity index (χ0) is 15.2. The lowest BCUT2D eigenvalue weighted by molar-refractivity contribution is 0.107. The van der Waals surface area contributed by atoms with Crippen molar-refractivity contribution in [3.63, 3.8) is 0 Å². The van der Waals surface area contributed by atoms with Gasteiger partial charge in [0.25, 0.3) is 0 Å². The molecule has 0 aromatic heterocycles. The fourth-order valence-corrected chi connectivity index (χ4v) is 2.21. The topological polar surface area (TPSA) is 58.9 Å². The van der Waals surface area contributed by atoms with Gasteiger partial charge in [-0.2, -0.15) is 0 Å². The molecule has 0 bridgehead atoms. The summed E-state index contributed by atoms with van der Waals surface area (Å²) < 4.78 is 11.8. The smallest absolute Gasteiger partial charge is 0.488 e. The van der Waals surface area contributed by atoms with Crippen molar-refractivity contribution in [3.05, 3.63) is 58.1 Å². The molecule has 0 spiro atoms. The molecule has 0 atom stereocenters. The third-order valence-electron chi connectivity index (χ3n) is 3.07. The Hall–Kier alpha value is -1.34. The van der Waals surface area contributed by atoms with Crippen LogP contribution in [0.25, 0.3) is 0 Å². The fraction of sp³-hybridized carbons (Fsp3) is 0.200. The Labute approximate surface area is 132 Å². The van der Waals surface area contributed by atoms with Gasteiger partial charge in [-0.05, 0) is 40.9 Å². The second-order valence-corrected chi connectivity index (χ2v) is 5.47. The van der Waals surface area contributed by atoms with Gasteiger partial charge in [-0.15, -0.1) is 0 Å². The molecule has 2 N–H and O–H groups in total. The van der Waals surface area contributed by atoms with E-state index in [1.807, 2.05) is 24.3 Å². The molecule has 21 heavy (non-hydrogen) atoms. The molecular formula is C15H16BBrO4. The molecule has 0 radical (unpaired) electrons. The molecule has 0 saturated carbocycles. The number of benzene rings is 2. The van der Waals surface area contributed by atoms with Crippen LogP contribution in [0.2, 0.25) is 0 Å². The van der Waals surface area contributed by atoms with Crippen molar-refractivity contribution in [2.24, 2.45) is 0 Å². The van der Waals surface area contributed by atoms with Gasteiger partial charge in [0.2, 0.25) is 0 Å². The van der Waals surface area contributed by atoms with E-state index in [4.69, 9.17) is 9.47 Å². The molecule has 0 aliphatic rings. The molecule has 0 aliphatic carbocycles. The molecule has 2 rings (SSSR count). The van der Waals surface area contributed by atoms with E-state index in [2.05, 4.69) is 15.9 Å². The first-order chi connectivity index (χ1) is 10.1. The van der Waals surface area contributed by atoms with Gasteiger partial charge in [0, 0.05) is 4.47 Å². The molecule has 0 aliphatic heterocycles. The highest BCUT2D eigenvalue weighted by Crippen LogP contribution is 2.14. The minimum Gasteiger partial charge on any atom is -0.497 e. The van der Waals surface area contributed by atoms with Gasteiger partial charge in [-0.1, -0.05) is 34.1 Å². The first-order valence-electron chi connectivity index (χ1n) is 6.45. The average molecular weight is 351 g/mol. The van der Waals surface area contributed by atoms with Crippen molar-refractivity contribution in [2.45, 2.75) is 13.2 Å². The monoisotopic (exact) mass is 350 g/mol. The van der Waals surface area contributed by atoms with E-state index in [9.17, 15) is 10.0 Å². The van der Waals surface area contributed by atoms with Crippen LogP contribution in [0.1, 0.15) is 11.1 Å². The van der Waals surface area contributed by atoms with Crippen LogP contribution in [-0.4, -0.2) is 24.3 Å². The number of rotatable bonds is 6. The Bertz CT molecular complexity index is 587. The molecule has 4 nitrogen and oxygen atoms in total. The van der Waals surface area contributed by atoms with Gasteiger partial charge in [-0.3, -0.25) is 0 Å². The first-order valence-corrected chi connectivity index (χ1v) is 7.24. The molecule has 6 heteroatoms. The zero-order valence-corrected chi connectivity index (χ0v) is 13.2. The molecule has 0 saturated heterocycles. The molecule has 2 aromatic rings. The summed E-state index contributed by atoms with van der Waals surface area (Å²) in [7, 11) is 0.0406. The minimum atomic E-state index is -1.53. The number of hydrogen-bond acceptors (Lipinski definition) is 4. The van der Waals surface area contributed by atoms with Gasteiger partial charge in [0.1, 0.15) is 5.75 Å². The van der Waals surface area contributed by atoms with E-state index in [1.165, 1.54) is 0 Å². The SMILES string of the molecule is COc1ccc(B(O)O)c(COCc2ccc(Br)cc2)c1. The Morgan fingerprint density at radius 3 is 2.38 bits per heavy atom. The summed E-state index contributed by atoms with van der Waals surface area (Å²) in [4.78, 5) is 0. The lowest BCUT2D eigenvalue weighted by atomic mass is 9.77. The van der Waals surface area contributed by atoms with Crippen molar-refractivity contribution >= 4 is 28.5 Å². The van der Waals surface area contributed by atoms with E-state index < -0.39 is 7.12 Å². The van der Waals surface area contributed by atoms with Crippen molar-refractivity contribution in [2.75, 3.05) is 7.11 Å². The standard InChI is InChI=1S/C15H16BBrO4/c1-20-14-6-7-15(16(18)19)12(8-14)10-21-9-11-2-4-13(17)5-3-11/h2-8,18-19H,9-10H2,1H3. The maximum absolute atomic E-state index is 9.37. The van der Waals surface area contributed by atoms with Gasteiger partial charge in [0.15, 0.2) is 0 Å². The molecular weight excluding hydrogens is 335 g/mol. The highest BCUT2D eigenvalue weighted by Gasteiger charge is 2.16. The lowest BCUT2D eigenvalue weighted by Gasteiger charge is -2.11. The maximum atomic E-state index is 9.37. The highest BCUT2D eigenvalue weighted by atomic mass is 79.9. The predicted molar refractivity (Wildman–Crippen MR) is 85.5 cm³/mol. The van der Waals surface area contributed by atoms with Crippen molar-refractivity contribution < 1.29 is 19.5 Å². The van der Waals surface area contributed by atoms with Crippen LogP contribution in [0.15, 0.2) is 46.9 Å². The average Bonchev–Trinajstić information content (AvgIpc) is 2.49. The van der Waals surface area contributed by atoms with Gasteiger partial charge in [0.05, 0.1) is 20.3 Å². The van der Waals surface area contributed by atoms with Crippen molar-refractivity contribution in [1.82, 2.24) is 0 Å². The van der Waals surface area contributed by atoms with Gasteiger partial charge in [-0.25, -0.2) is 0 Å². The fourth-order valence-electron chi connectivity index (χ4n) is 1.95. The van der Waals surface area contributed by atoms with Crippen LogP contribution in [-0.2, 0) is 18.0 Å². The van der Waals surface area contributed by atoms with Crippen molar-refractivity contribution in [1.29, 1.82) is 0 Å². The zero-order valence-electron chi connectivity index (χ0n) is 11.6. The lowest BCUT2D eigenvalue weighted by Crippen LogP contribution is -2.33. The molecule has 0 heterocycles. The second kappa shape index (κ2) is 7.61. The highest BCUT2D eigenvalue weighted by molar-refractivity contribution is 9.10. The van der Waals surface area contributed by atoms with Crippen molar-refractivity contribution in [3.8, 4) is 5.75 Å². The first kappa shape index (κ1) is 16.0. The largest absolute Gasteiger partial charge is 0.497 e. The molecule has 110 valence electrons. The summed E-state index contributed by atoms with van der Waals surface area (Å²) in [6.45, 7) is 0.728. The second-order valence-electron chi connectivity index (χ2n) is 4.56. The summed E-state index contributed by atoms with van der Waals surface area (Å²) in [5.41, 5.74) is 2.17. The van der Waals surface area contributed by atoms with Crippen LogP contribution in [0, 0.1) is 0 Å². The minimum absolute atomic E-state index is 0.278. The van der Waals surface area contributed by atoms with Crippen LogP contribution in [0.4, 0.5) is 0 Å². The summed E-state index contributed by atoms with van der Waals surface area (Å²) in [5.74, 6) is 0.654. The maximum Gasteiger partial charge on any atom is 0.488 e. The van der Waals surface area contributed by atoms with E-state index in [0.29, 0.717) is 23.4 Å². The summed E-state index contributed by atoms with van der Waals surface area (Å²) in [6.07, 6.45) is 0. The molecule has 2 aromatic carbocycles.